The van der Waals surface area contributed by atoms with Crippen molar-refractivity contribution in [3.05, 3.63) is 45.1 Å². The zero-order valence-corrected chi connectivity index (χ0v) is 10.7. The summed E-state index contributed by atoms with van der Waals surface area (Å²) in [5.41, 5.74) is 2.81. The van der Waals surface area contributed by atoms with Crippen LogP contribution >= 0.6 is 27.5 Å². The number of halogens is 2. The number of hydrogen-bond donors (Lipinski definition) is 0. The van der Waals surface area contributed by atoms with Gasteiger partial charge in [-0.1, -0.05) is 11.6 Å². The zero-order chi connectivity index (χ0) is 11.0. The van der Waals surface area contributed by atoms with Crippen molar-refractivity contribution in [1.82, 2.24) is 9.78 Å². The van der Waals surface area contributed by atoms with Crippen LogP contribution in [-0.4, -0.2) is 9.78 Å². The van der Waals surface area contributed by atoms with Crippen LogP contribution < -0.4 is 0 Å². The Balaban J connectivity index is 2.54. The molecule has 0 atom stereocenters. The molecule has 0 aliphatic carbocycles. The van der Waals surface area contributed by atoms with Crippen LogP contribution in [0.3, 0.4) is 0 Å². The van der Waals surface area contributed by atoms with Crippen LogP contribution in [0.1, 0.15) is 11.4 Å². The fourth-order valence-corrected chi connectivity index (χ4v) is 1.85. The van der Waals surface area contributed by atoms with E-state index in [0.717, 1.165) is 21.5 Å². The molecule has 1 heterocycles. The Labute approximate surface area is 102 Å². The van der Waals surface area contributed by atoms with Gasteiger partial charge in [0.25, 0.3) is 0 Å². The Bertz CT molecular complexity index is 505. The molecule has 0 spiro atoms. The van der Waals surface area contributed by atoms with E-state index in [1.54, 1.807) is 0 Å². The van der Waals surface area contributed by atoms with Crippen LogP contribution in [0.2, 0.25) is 5.02 Å². The molecule has 0 fully saturated rings. The molecule has 15 heavy (non-hydrogen) atoms. The van der Waals surface area contributed by atoms with E-state index in [9.17, 15) is 0 Å². The fraction of sp³-hybridized carbons (Fsp3) is 0.182. The minimum atomic E-state index is 0.681. The first-order valence-electron chi connectivity index (χ1n) is 4.49. The van der Waals surface area contributed by atoms with Crippen molar-refractivity contribution < 1.29 is 0 Å². The van der Waals surface area contributed by atoms with E-state index in [2.05, 4.69) is 27.1 Å². The lowest BCUT2D eigenvalue weighted by Crippen LogP contribution is -1.98. The first kappa shape index (κ1) is 10.7. The van der Waals surface area contributed by atoms with Crippen molar-refractivity contribution in [3.63, 3.8) is 0 Å². The molecule has 2 rings (SSSR count). The highest BCUT2D eigenvalue weighted by Crippen LogP contribution is 2.25. The third-order valence-corrected chi connectivity index (χ3v) is 3.31. The molecule has 1 radical (unpaired) electrons. The Morgan fingerprint density at radius 1 is 1.40 bits per heavy atom. The molecule has 0 saturated carbocycles. The second-order valence-electron chi connectivity index (χ2n) is 3.31. The van der Waals surface area contributed by atoms with Crippen LogP contribution in [0.25, 0.3) is 5.69 Å². The van der Waals surface area contributed by atoms with Gasteiger partial charge >= 0.3 is 0 Å². The fourth-order valence-electron chi connectivity index (χ4n) is 1.43. The van der Waals surface area contributed by atoms with E-state index in [1.807, 2.05) is 36.7 Å². The minimum absolute atomic E-state index is 0.681. The van der Waals surface area contributed by atoms with Crippen LogP contribution in [0.5, 0.6) is 0 Å². The van der Waals surface area contributed by atoms with E-state index >= 15 is 0 Å². The Hall–Kier alpha value is -0.800. The van der Waals surface area contributed by atoms with E-state index in [4.69, 9.17) is 11.6 Å². The number of benzene rings is 1. The van der Waals surface area contributed by atoms with Gasteiger partial charge in [-0.25, -0.2) is 4.68 Å². The largest absolute Gasteiger partial charge is 0.237 e. The highest BCUT2D eigenvalue weighted by atomic mass is 79.9. The third kappa shape index (κ3) is 2.08. The second kappa shape index (κ2) is 3.99. The molecular weight excluding hydrogens is 275 g/mol. The molecule has 4 heteroatoms. The van der Waals surface area contributed by atoms with Gasteiger partial charge < -0.3 is 0 Å². The highest BCUT2D eigenvalue weighted by Gasteiger charge is 2.05. The van der Waals surface area contributed by atoms with Crippen molar-refractivity contribution in [2.24, 2.45) is 0 Å². The first-order valence-corrected chi connectivity index (χ1v) is 5.66. The standard InChI is InChI=1S/C11H9BrClN2/c1-7-5-8(2)15(14-7)9-3-4-10(12)11(13)6-9/h3-4,6H,1-2H3. The lowest BCUT2D eigenvalue weighted by molar-refractivity contribution is 0.833. The predicted molar refractivity (Wildman–Crippen MR) is 64.6 cm³/mol. The second-order valence-corrected chi connectivity index (χ2v) is 4.57. The molecule has 0 aliphatic heterocycles. The highest BCUT2D eigenvalue weighted by molar-refractivity contribution is 9.10. The SMILES string of the molecule is Cc1[c]c(C)n(-c2ccc(Br)c(Cl)c2)n1. The predicted octanol–water partition coefficient (Wildman–Crippen LogP) is 3.71. The smallest absolute Gasteiger partial charge is 0.0680 e. The zero-order valence-electron chi connectivity index (χ0n) is 8.38. The molecule has 1 aromatic heterocycles. The van der Waals surface area contributed by atoms with E-state index < -0.39 is 0 Å². The van der Waals surface area contributed by atoms with E-state index in [0.29, 0.717) is 5.02 Å². The maximum Gasteiger partial charge on any atom is 0.0680 e. The van der Waals surface area contributed by atoms with Gasteiger partial charge in [-0.05, 0) is 48.0 Å². The summed E-state index contributed by atoms with van der Waals surface area (Å²) in [6.45, 7) is 3.89. The number of nitrogens with zero attached hydrogens (tertiary/aromatic N) is 2. The van der Waals surface area contributed by atoms with Gasteiger partial charge in [-0.15, -0.1) is 0 Å². The summed E-state index contributed by atoms with van der Waals surface area (Å²) in [7, 11) is 0. The quantitative estimate of drug-likeness (QED) is 0.780. The molecule has 0 N–H and O–H groups in total. The summed E-state index contributed by atoms with van der Waals surface area (Å²) in [6.07, 6.45) is 0. The monoisotopic (exact) mass is 283 g/mol. The normalized spacial score (nSPS) is 10.7. The van der Waals surface area contributed by atoms with Gasteiger partial charge in [-0.2, -0.15) is 5.10 Å². The van der Waals surface area contributed by atoms with Crippen LogP contribution in [0.15, 0.2) is 22.7 Å². The molecule has 0 unspecified atom stereocenters. The summed E-state index contributed by atoms with van der Waals surface area (Å²) >= 11 is 9.38. The Kier molecular flexibility index (Phi) is 2.85. The lowest BCUT2D eigenvalue weighted by atomic mass is 10.3. The molecule has 2 nitrogen and oxygen atoms in total. The molecule has 0 bridgehead atoms. The van der Waals surface area contributed by atoms with Crippen molar-refractivity contribution in [1.29, 1.82) is 0 Å². The van der Waals surface area contributed by atoms with Crippen LogP contribution in [-0.2, 0) is 0 Å². The number of rotatable bonds is 1. The average molecular weight is 285 g/mol. The summed E-state index contributed by atoms with van der Waals surface area (Å²) in [4.78, 5) is 0. The molecular formula is C11H9BrClN2. The third-order valence-electron chi connectivity index (χ3n) is 2.08. The topological polar surface area (TPSA) is 17.8 Å². The lowest BCUT2D eigenvalue weighted by Gasteiger charge is -2.05. The summed E-state index contributed by atoms with van der Waals surface area (Å²) in [5, 5.41) is 5.02. The summed E-state index contributed by atoms with van der Waals surface area (Å²) in [5.74, 6) is 0. The molecule has 77 valence electrons. The first-order chi connectivity index (χ1) is 7.08. The molecule has 2 aromatic rings. The number of aromatic nitrogens is 2. The minimum Gasteiger partial charge on any atom is -0.237 e. The number of aryl methyl sites for hydroxylation is 2. The van der Waals surface area contributed by atoms with Crippen molar-refractivity contribution in [2.75, 3.05) is 0 Å². The van der Waals surface area contributed by atoms with Gasteiger partial charge in [0.15, 0.2) is 0 Å². The summed E-state index contributed by atoms with van der Waals surface area (Å²) < 4.78 is 2.71. The van der Waals surface area contributed by atoms with Crippen LogP contribution in [0.4, 0.5) is 0 Å². The Morgan fingerprint density at radius 3 is 2.67 bits per heavy atom. The van der Waals surface area contributed by atoms with Crippen molar-refractivity contribution >= 4 is 27.5 Å². The van der Waals surface area contributed by atoms with Gasteiger partial charge in [0, 0.05) is 16.2 Å². The van der Waals surface area contributed by atoms with Gasteiger partial charge in [0.1, 0.15) is 0 Å². The van der Waals surface area contributed by atoms with Crippen molar-refractivity contribution in [3.8, 4) is 5.69 Å². The maximum absolute atomic E-state index is 6.02. The van der Waals surface area contributed by atoms with Gasteiger partial charge in [0.05, 0.1) is 16.4 Å². The average Bonchev–Trinajstić information content (AvgIpc) is 2.50. The number of hydrogen-bond acceptors (Lipinski definition) is 1. The van der Waals surface area contributed by atoms with Gasteiger partial charge in [-0.3, -0.25) is 0 Å². The van der Waals surface area contributed by atoms with Gasteiger partial charge in [0.2, 0.25) is 0 Å². The summed E-state index contributed by atoms with van der Waals surface area (Å²) in [6, 6.07) is 8.88. The molecule has 0 aliphatic rings. The van der Waals surface area contributed by atoms with Crippen LogP contribution in [0, 0.1) is 19.9 Å². The molecule has 1 aromatic carbocycles. The van der Waals surface area contributed by atoms with E-state index in [-0.39, 0.29) is 0 Å². The maximum atomic E-state index is 6.02. The molecule has 0 saturated heterocycles. The van der Waals surface area contributed by atoms with E-state index in [1.165, 1.54) is 0 Å². The Morgan fingerprint density at radius 2 is 2.13 bits per heavy atom. The van der Waals surface area contributed by atoms with Crippen molar-refractivity contribution in [2.45, 2.75) is 13.8 Å². The molecule has 0 amide bonds.